The van der Waals surface area contributed by atoms with Crippen molar-refractivity contribution in [1.82, 2.24) is 0 Å². The third-order valence-corrected chi connectivity index (χ3v) is 18.0. The SMILES string of the molecule is COC1CC(C=CC(=O)OCC2OC(OC3CC4C(OC5OC(COC(=O)CC(=O)O)C(O)C(O)C5O)CC(O)CC4[OH+]C3C3CCC(O)CC3)C(OC3OCC(O)C(O)C3OC(=O)C=CC3CC(OC)C(O)C(OC)C3)C(O)C2O)CCC1O. The number of carbonyl (C=O) groups excluding carboxylic acids is 3. The van der Waals surface area contributed by atoms with Crippen LogP contribution in [0.3, 0.4) is 0 Å². The van der Waals surface area contributed by atoms with E-state index in [-0.39, 0.29) is 37.0 Å². The lowest BCUT2D eigenvalue weighted by molar-refractivity contribution is -0.385. The number of allylic oxidation sites excluding steroid dienone is 2. The highest BCUT2D eigenvalue weighted by Gasteiger charge is 2.58. The van der Waals surface area contributed by atoms with Crippen LogP contribution in [0.25, 0.3) is 0 Å². The molecule has 4 heterocycles. The Morgan fingerprint density at radius 1 is 0.518 bits per heavy atom. The van der Waals surface area contributed by atoms with Gasteiger partial charge in [0.25, 0.3) is 0 Å². The molecule has 0 bridgehead atoms. The van der Waals surface area contributed by atoms with E-state index in [1.54, 1.807) is 6.08 Å². The second-order valence-corrected chi connectivity index (χ2v) is 23.7. The number of hydrogen-bond donors (Lipinski definition) is 12. The molecule has 484 valence electrons. The second kappa shape index (κ2) is 30.8. The van der Waals surface area contributed by atoms with Gasteiger partial charge in [-0.1, -0.05) is 12.2 Å². The Kier molecular flexibility index (Phi) is 24.5. The number of methoxy groups -OCH3 is 3. The summed E-state index contributed by atoms with van der Waals surface area (Å²) in [5, 5.41) is 131. The Balaban J connectivity index is 1.06. The van der Waals surface area contributed by atoms with Crippen LogP contribution in [-0.2, 0) is 76.0 Å². The van der Waals surface area contributed by atoms with Gasteiger partial charge < -0.3 is 123 Å². The molecule has 4 aliphatic carbocycles. The topological polar surface area (TPSA) is 435 Å². The van der Waals surface area contributed by atoms with Gasteiger partial charge in [-0.25, -0.2) is 9.59 Å². The third kappa shape index (κ3) is 17.1. The number of carbonyl (C=O) groups is 4. The summed E-state index contributed by atoms with van der Waals surface area (Å²) in [4.78, 5) is 50.0. The summed E-state index contributed by atoms with van der Waals surface area (Å²) in [7, 11) is 4.35. The zero-order valence-electron chi connectivity index (χ0n) is 47.7. The Bertz CT molecular complexity index is 2200. The Hall–Kier alpha value is -3.48. The van der Waals surface area contributed by atoms with E-state index >= 15 is 0 Å². The fraction of sp³-hybridized carbons (Fsp3) is 0.857. The molecule has 0 amide bonds. The monoisotopic (exact) mass is 1220 g/mol. The maximum absolute atomic E-state index is 13.6. The molecule has 13 N–H and O–H groups in total. The summed E-state index contributed by atoms with van der Waals surface area (Å²) in [6, 6.07) is 0. The number of rotatable bonds is 21. The molecule has 0 aromatic heterocycles. The molecular formula is C56H87O29+. The molecule has 25 unspecified atom stereocenters. The number of hydrogen-bond acceptors (Lipinski definition) is 27. The number of aliphatic hydroxyl groups excluding tert-OH is 11. The van der Waals surface area contributed by atoms with Crippen LogP contribution in [0.1, 0.15) is 83.5 Å². The third-order valence-electron chi connectivity index (χ3n) is 18.0. The van der Waals surface area contributed by atoms with Crippen molar-refractivity contribution in [3.63, 3.8) is 0 Å². The zero-order chi connectivity index (χ0) is 61.4. The molecule has 4 aliphatic heterocycles. The van der Waals surface area contributed by atoms with E-state index in [1.165, 1.54) is 33.5 Å². The fourth-order valence-corrected chi connectivity index (χ4v) is 13.2. The molecule has 0 aromatic carbocycles. The first kappa shape index (κ1) is 67.5. The molecule has 4 saturated heterocycles. The van der Waals surface area contributed by atoms with Gasteiger partial charge in [-0.2, -0.15) is 0 Å². The van der Waals surface area contributed by atoms with Crippen LogP contribution >= 0.6 is 0 Å². The summed E-state index contributed by atoms with van der Waals surface area (Å²) in [5.41, 5.74) is 0. The van der Waals surface area contributed by atoms with Gasteiger partial charge in [0.15, 0.2) is 37.2 Å². The molecule has 0 spiro atoms. The molecule has 29 heteroatoms. The molecule has 25 atom stereocenters. The number of aliphatic carboxylic acids is 1. The van der Waals surface area contributed by atoms with Gasteiger partial charge >= 0.3 is 23.9 Å². The van der Waals surface area contributed by atoms with Crippen molar-refractivity contribution in [1.29, 1.82) is 0 Å². The van der Waals surface area contributed by atoms with E-state index < -0.39 is 209 Å². The van der Waals surface area contributed by atoms with E-state index in [9.17, 15) is 75.3 Å². The highest BCUT2D eigenvalue weighted by atomic mass is 16.8. The van der Waals surface area contributed by atoms with Gasteiger partial charge in [0, 0.05) is 52.2 Å². The minimum absolute atomic E-state index is 0.0327. The summed E-state index contributed by atoms with van der Waals surface area (Å²) in [6.45, 7) is -1.94. The summed E-state index contributed by atoms with van der Waals surface area (Å²) < 4.78 is 75.5. The van der Waals surface area contributed by atoms with Crippen LogP contribution in [0, 0.1) is 23.7 Å². The molecule has 0 aromatic rings. The van der Waals surface area contributed by atoms with Crippen molar-refractivity contribution in [2.24, 2.45) is 23.7 Å². The summed E-state index contributed by atoms with van der Waals surface area (Å²) >= 11 is 0. The van der Waals surface area contributed by atoms with Crippen LogP contribution in [0.4, 0.5) is 0 Å². The maximum atomic E-state index is 13.6. The number of fused-ring (bicyclic) bond motifs is 1. The average Bonchev–Trinajstić information content (AvgIpc) is 3.63. The average molecular weight is 1220 g/mol. The Morgan fingerprint density at radius 2 is 1.13 bits per heavy atom. The van der Waals surface area contributed by atoms with Crippen molar-refractivity contribution in [2.75, 3.05) is 41.2 Å². The first-order chi connectivity index (χ1) is 40.5. The van der Waals surface area contributed by atoms with Gasteiger partial charge in [-0.05, 0) is 76.0 Å². The molecule has 4 saturated carbocycles. The van der Waals surface area contributed by atoms with Gasteiger partial charge in [-0.15, -0.1) is 0 Å². The predicted octanol–water partition coefficient (Wildman–Crippen LogP) is -3.97. The van der Waals surface area contributed by atoms with Crippen molar-refractivity contribution in [3.8, 4) is 0 Å². The van der Waals surface area contributed by atoms with Crippen molar-refractivity contribution < 1.29 is 142 Å². The lowest BCUT2D eigenvalue weighted by Crippen LogP contribution is -2.65. The standard InChI is InChI=1S/C56H86O29/c1-73-34-14-24(4-11-30(34)59)5-12-41(63)76-22-39-47(69)49(71)53(85-55-52(44(66)31(60)21-78-55)84-42(64)13-6-25-15-35(74-2)45(67)36(16-25)75-3)56(83-39)81-37-19-29-32(79-51(37)26-7-9-27(57)10-8-26)17-28(58)18-33(29)80-54-50(72)48(70)46(68)38(82-54)23-77-43(65)20-40(61)62/h5-6,12-13,24-39,44-60,66-72H,4,7-11,14-23H2,1-3H3,(H,61,62)/p+1. The summed E-state index contributed by atoms with van der Waals surface area (Å²) in [6.07, 6.45) is -24.7. The molecule has 85 heavy (non-hydrogen) atoms. The lowest BCUT2D eigenvalue weighted by Gasteiger charge is -2.50. The van der Waals surface area contributed by atoms with Crippen LogP contribution in [-0.4, -0.2) is 284 Å². The van der Waals surface area contributed by atoms with Crippen molar-refractivity contribution in [3.05, 3.63) is 24.3 Å². The highest BCUT2D eigenvalue weighted by Crippen LogP contribution is 2.45. The predicted molar refractivity (Wildman–Crippen MR) is 282 cm³/mol. The lowest BCUT2D eigenvalue weighted by atomic mass is 9.73. The minimum atomic E-state index is -1.98. The largest absolute Gasteiger partial charge is 0.481 e. The smallest absolute Gasteiger partial charge is 0.330 e. The first-order valence-electron chi connectivity index (χ1n) is 29.3. The van der Waals surface area contributed by atoms with Gasteiger partial charge in [0.2, 0.25) is 0 Å². The highest BCUT2D eigenvalue weighted by molar-refractivity contribution is 5.90. The van der Waals surface area contributed by atoms with Crippen LogP contribution in [0.15, 0.2) is 24.3 Å². The first-order valence-corrected chi connectivity index (χ1v) is 29.3. The minimum Gasteiger partial charge on any atom is -0.481 e. The number of carboxylic acid groups (broad SMARTS) is 1. The molecule has 0 radical (unpaired) electrons. The van der Waals surface area contributed by atoms with E-state index in [4.69, 9.17) is 66.7 Å². The van der Waals surface area contributed by atoms with Gasteiger partial charge in [0.05, 0.1) is 55.3 Å². The van der Waals surface area contributed by atoms with Crippen molar-refractivity contribution >= 4 is 23.9 Å². The zero-order valence-corrected chi connectivity index (χ0v) is 47.7. The van der Waals surface area contributed by atoms with Crippen LogP contribution < -0.4 is 0 Å². The van der Waals surface area contributed by atoms with E-state index in [2.05, 4.69) is 0 Å². The molecule has 8 fully saturated rings. The Morgan fingerprint density at radius 3 is 1.80 bits per heavy atom. The quantitative estimate of drug-likeness (QED) is 0.0171. The van der Waals surface area contributed by atoms with E-state index in [0.717, 1.165) is 6.08 Å². The number of esters is 3. The van der Waals surface area contributed by atoms with Crippen LogP contribution in [0.5, 0.6) is 0 Å². The van der Waals surface area contributed by atoms with Gasteiger partial charge in [-0.3, -0.25) is 9.59 Å². The summed E-state index contributed by atoms with van der Waals surface area (Å²) in [5.74, 6) is -5.88. The van der Waals surface area contributed by atoms with Crippen molar-refractivity contribution in [2.45, 2.75) is 237 Å². The molecular weight excluding hydrogens is 1140 g/mol. The number of aliphatic hydroxyl groups is 13. The van der Waals surface area contributed by atoms with E-state index in [0.29, 0.717) is 57.8 Å². The normalized spacial score (nSPS) is 45.4. The van der Waals surface area contributed by atoms with E-state index in [1.807, 2.05) is 0 Å². The molecule has 8 rings (SSSR count). The van der Waals surface area contributed by atoms with Crippen LogP contribution in [0.2, 0.25) is 0 Å². The second-order valence-electron chi connectivity index (χ2n) is 23.7. The Labute approximate surface area is 490 Å². The fourth-order valence-electron chi connectivity index (χ4n) is 13.2. The maximum Gasteiger partial charge on any atom is 0.330 e. The van der Waals surface area contributed by atoms with Gasteiger partial charge in [0.1, 0.15) is 92.9 Å². The molecule has 29 nitrogen and oxygen atoms in total. The molecule has 8 aliphatic rings. The number of carboxylic acids is 1. The number of ether oxygens (including phenoxy) is 13.